The third-order valence-corrected chi connectivity index (χ3v) is 8.12. The van der Waals surface area contributed by atoms with Crippen molar-refractivity contribution in [3.8, 4) is 0 Å². The van der Waals surface area contributed by atoms with E-state index in [2.05, 4.69) is 18.7 Å². The van der Waals surface area contributed by atoms with E-state index >= 15 is 0 Å². The average Bonchev–Trinajstić information content (AvgIpc) is 3.06. The summed E-state index contributed by atoms with van der Waals surface area (Å²) in [4.78, 5) is 56.2. The molecule has 38 heavy (non-hydrogen) atoms. The molecule has 3 rings (SSSR count). The van der Waals surface area contributed by atoms with E-state index in [1.165, 1.54) is 6.92 Å². The fourth-order valence-corrected chi connectivity index (χ4v) is 5.88. The molecule has 2 fully saturated rings. The molecule has 5 unspecified atom stereocenters. The number of phosphoric acid groups is 2. The van der Waals surface area contributed by atoms with Crippen molar-refractivity contribution in [1.29, 1.82) is 0 Å². The van der Waals surface area contributed by atoms with Crippen LogP contribution in [0.2, 0.25) is 0 Å². The Kier molecular flexibility index (Phi) is 9.48. The number of aliphatic hydroxyl groups is 4. The lowest BCUT2D eigenvalue weighted by Crippen LogP contribution is -2.63. The van der Waals surface area contributed by atoms with Crippen LogP contribution in [0.4, 0.5) is 0 Å². The van der Waals surface area contributed by atoms with Gasteiger partial charge in [-0.15, -0.1) is 0 Å². The van der Waals surface area contributed by atoms with Crippen LogP contribution in [0.5, 0.6) is 0 Å². The molecule has 0 spiro atoms. The number of ether oxygens (including phenoxy) is 2. The highest BCUT2D eigenvalue weighted by Gasteiger charge is 2.49. The van der Waals surface area contributed by atoms with Gasteiger partial charge < -0.3 is 45.0 Å². The van der Waals surface area contributed by atoms with Gasteiger partial charge in [0.25, 0.3) is 5.56 Å². The van der Waals surface area contributed by atoms with Gasteiger partial charge in [0.15, 0.2) is 12.5 Å². The summed E-state index contributed by atoms with van der Waals surface area (Å²) in [5.74, 6) is -0.660. The van der Waals surface area contributed by atoms with E-state index in [4.69, 9.17) is 9.47 Å². The van der Waals surface area contributed by atoms with E-state index < -0.39 is 94.6 Å². The molecule has 1 aromatic rings. The Morgan fingerprint density at radius 2 is 1.74 bits per heavy atom. The largest absolute Gasteiger partial charge is 0.483 e. The van der Waals surface area contributed by atoms with Crippen molar-refractivity contribution in [2.24, 2.45) is 0 Å². The summed E-state index contributed by atoms with van der Waals surface area (Å²) in [6, 6.07) is -0.455. The quantitative estimate of drug-likeness (QED) is 0.129. The van der Waals surface area contributed by atoms with Crippen LogP contribution in [0.25, 0.3) is 0 Å². The highest BCUT2D eigenvalue weighted by Crippen LogP contribution is 2.61. The lowest BCUT2D eigenvalue weighted by Gasteiger charge is -2.41. The standard InChI is InChI=1S/C17H27N3O16P2/c1-6-11(23)10(18-7(2)21)13(25)16(33-6)35-38(30,31)36-37(28,29)32-5-8-12(24)14(26)15(34-8)20-4-3-9(22)19-17(20)27/h3-4,6,8,10-16,23-26H,5H2,1-2H3,(H,18,21)(H,28,29)(H,30,31)(H,19,22,27)/t6?,8-,10+,11-,12+,13?,14?,15-,16-/m1/s1. The number of phosphoric ester groups is 2. The monoisotopic (exact) mass is 591 g/mol. The molecule has 0 radical (unpaired) electrons. The van der Waals surface area contributed by atoms with Crippen molar-refractivity contribution in [2.45, 2.75) is 69.0 Å². The number of aromatic amines is 1. The van der Waals surface area contributed by atoms with Crippen LogP contribution < -0.4 is 16.6 Å². The maximum Gasteiger partial charge on any atom is 0.483 e. The summed E-state index contributed by atoms with van der Waals surface area (Å²) in [6.07, 6.45) is -12.1. The van der Waals surface area contributed by atoms with Crippen LogP contribution >= 0.6 is 15.6 Å². The molecule has 3 heterocycles. The van der Waals surface area contributed by atoms with Gasteiger partial charge in [-0.1, -0.05) is 0 Å². The topological polar surface area (TPSA) is 286 Å². The van der Waals surface area contributed by atoms with Crippen LogP contribution in [0.15, 0.2) is 21.9 Å². The third-order valence-electron chi connectivity index (χ3n) is 5.52. The molecule has 216 valence electrons. The fourth-order valence-electron chi connectivity index (χ4n) is 3.73. The Morgan fingerprint density at radius 1 is 1.08 bits per heavy atom. The molecule has 0 aliphatic carbocycles. The van der Waals surface area contributed by atoms with E-state index in [1.807, 2.05) is 4.98 Å². The van der Waals surface area contributed by atoms with Crippen molar-refractivity contribution in [1.82, 2.24) is 14.9 Å². The summed E-state index contributed by atoms with van der Waals surface area (Å²) in [5, 5.41) is 42.9. The minimum Gasteiger partial charge on any atom is -0.388 e. The molecular formula is C17H27N3O16P2. The average molecular weight is 591 g/mol. The van der Waals surface area contributed by atoms with E-state index in [0.29, 0.717) is 0 Å². The summed E-state index contributed by atoms with van der Waals surface area (Å²) in [6.45, 7) is 1.37. The minimum absolute atomic E-state index is 0.660. The zero-order valence-corrected chi connectivity index (χ0v) is 21.5. The highest BCUT2D eigenvalue weighted by atomic mass is 31.3. The number of rotatable bonds is 9. The Balaban J connectivity index is 1.62. The van der Waals surface area contributed by atoms with Crippen molar-refractivity contribution < 1.29 is 67.0 Å². The van der Waals surface area contributed by atoms with E-state index in [-0.39, 0.29) is 0 Å². The Labute approximate surface area is 212 Å². The Bertz CT molecular complexity index is 1220. The molecule has 19 nitrogen and oxygen atoms in total. The summed E-state index contributed by atoms with van der Waals surface area (Å²) >= 11 is 0. The first-order valence-electron chi connectivity index (χ1n) is 10.8. The van der Waals surface area contributed by atoms with Crippen LogP contribution in [-0.2, 0) is 36.8 Å². The van der Waals surface area contributed by atoms with Crippen molar-refractivity contribution in [3.63, 3.8) is 0 Å². The van der Waals surface area contributed by atoms with Gasteiger partial charge in [0.1, 0.15) is 30.5 Å². The van der Waals surface area contributed by atoms with E-state index in [1.54, 1.807) is 0 Å². The second-order valence-electron chi connectivity index (χ2n) is 8.40. The van der Waals surface area contributed by atoms with E-state index in [0.717, 1.165) is 23.8 Å². The van der Waals surface area contributed by atoms with Gasteiger partial charge >= 0.3 is 21.3 Å². The molecule has 11 atom stereocenters. The van der Waals surface area contributed by atoms with Crippen molar-refractivity contribution in [2.75, 3.05) is 6.61 Å². The number of amides is 1. The fraction of sp³-hybridized carbons (Fsp3) is 0.706. The van der Waals surface area contributed by atoms with E-state index in [9.17, 15) is 53.7 Å². The molecule has 2 aliphatic rings. The number of H-pyrrole nitrogens is 1. The summed E-state index contributed by atoms with van der Waals surface area (Å²) < 4.78 is 49.1. The highest BCUT2D eigenvalue weighted by molar-refractivity contribution is 7.61. The molecule has 2 saturated heterocycles. The minimum atomic E-state index is -5.54. The van der Waals surface area contributed by atoms with Crippen molar-refractivity contribution >= 4 is 21.6 Å². The predicted molar refractivity (Wildman–Crippen MR) is 119 cm³/mol. The first-order valence-corrected chi connectivity index (χ1v) is 13.8. The molecule has 21 heteroatoms. The number of aliphatic hydroxyl groups excluding tert-OH is 4. The Hall–Kier alpha value is -1.83. The maximum atomic E-state index is 12.3. The number of carbonyl (C=O) groups excluding carboxylic acids is 1. The molecule has 1 amide bonds. The molecule has 1 aromatic heterocycles. The van der Waals surface area contributed by atoms with Gasteiger partial charge in [0.2, 0.25) is 5.91 Å². The normalized spacial score (nSPS) is 36.8. The number of hydrogen-bond acceptors (Lipinski definition) is 14. The second-order valence-corrected chi connectivity index (χ2v) is 11.4. The molecule has 0 aromatic carbocycles. The van der Waals surface area contributed by atoms with Gasteiger partial charge in [-0.3, -0.25) is 28.2 Å². The predicted octanol–water partition coefficient (Wildman–Crippen LogP) is -3.62. The van der Waals surface area contributed by atoms with Gasteiger partial charge in [0, 0.05) is 19.2 Å². The Morgan fingerprint density at radius 3 is 2.34 bits per heavy atom. The SMILES string of the molecule is CC(=O)N[C@@H]1C(O)[C@@H](OP(=O)(O)OP(=O)(O)OC[C@H]2O[C@@H](n3ccc(=O)[nH]c3=O)C(O)[C@H]2O)OC(C)[C@H]1O. The molecule has 0 bridgehead atoms. The summed E-state index contributed by atoms with van der Waals surface area (Å²) in [7, 11) is -11.0. The van der Waals surface area contributed by atoms with Gasteiger partial charge in [-0.05, 0) is 6.92 Å². The van der Waals surface area contributed by atoms with Crippen molar-refractivity contribution in [3.05, 3.63) is 33.1 Å². The number of nitrogens with zero attached hydrogens (tertiary/aromatic N) is 1. The van der Waals surface area contributed by atoms with Crippen LogP contribution in [0.1, 0.15) is 20.1 Å². The molecule has 8 N–H and O–H groups in total. The van der Waals surface area contributed by atoms with Crippen LogP contribution in [-0.4, -0.2) is 101 Å². The first kappa shape index (κ1) is 30.7. The smallest absolute Gasteiger partial charge is 0.388 e. The van der Waals surface area contributed by atoms with Gasteiger partial charge in [-0.25, -0.2) is 13.9 Å². The number of hydrogen-bond donors (Lipinski definition) is 8. The number of nitrogens with one attached hydrogen (secondary N) is 2. The third kappa shape index (κ3) is 7.22. The number of aromatic nitrogens is 2. The first-order chi connectivity index (χ1) is 17.5. The summed E-state index contributed by atoms with van der Waals surface area (Å²) in [5.41, 5.74) is -1.73. The molecule has 0 saturated carbocycles. The lowest BCUT2D eigenvalue weighted by atomic mass is 9.97. The lowest BCUT2D eigenvalue weighted by molar-refractivity contribution is -0.244. The zero-order chi connectivity index (χ0) is 28.6. The molecule has 2 aliphatic heterocycles. The van der Waals surface area contributed by atoms with Gasteiger partial charge in [-0.2, -0.15) is 4.31 Å². The van der Waals surface area contributed by atoms with Gasteiger partial charge in [0.05, 0.1) is 18.8 Å². The molecular weight excluding hydrogens is 564 g/mol. The van der Waals surface area contributed by atoms with Crippen LogP contribution in [0, 0.1) is 0 Å². The maximum absolute atomic E-state index is 12.3. The number of carbonyl (C=O) groups is 1. The second kappa shape index (κ2) is 11.7. The zero-order valence-electron chi connectivity index (χ0n) is 19.7. The van der Waals surface area contributed by atoms with Crippen LogP contribution in [0.3, 0.4) is 0 Å².